The molecule has 24 heavy (non-hydrogen) atoms. The number of imide groups is 1. The number of amides is 3. The van der Waals surface area contributed by atoms with Crippen molar-refractivity contribution >= 4 is 33.8 Å². The molecule has 0 saturated heterocycles. The number of nitrogens with one attached hydrogen (secondary N) is 2. The quantitative estimate of drug-likeness (QED) is 0.422. The maximum atomic E-state index is 12.7. The van der Waals surface area contributed by atoms with Crippen LogP contribution in [0.1, 0.15) is 38.5 Å². The predicted octanol–water partition coefficient (Wildman–Crippen LogP) is 2.28. The summed E-state index contributed by atoms with van der Waals surface area (Å²) in [6, 6.07) is -0.620. The van der Waals surface area contributed by atoms with Crippen LogP contribution in [0.15, 0.2) is 12.7 Å². The van der Waals surface area contributed by atoms with Crippen molar-refractivity contribution in [2.75, 3.05) is 13.2 Å². The number of hydrogen-bond donors (Lipinski definition) is 2. The summed E-state index contributed by atoms with van der Waals surface area (Å²) in [5, 5.41) is 4.56. The summed E-state index contributed by atoms with van der Waals surface area (Å²) in [5.41, 5.74) is -0.459. The monoisotopic (exact) mass is 398 g/mol. The molecule has 0 aromatic carbocycles. The van der Waals surface area contributed by atoms with Gasteiger partial charge in [0.05, 0.1) is 5.41 Å². The highest BCUT2D eigenvalue weighted by atomic mass is 79.9. The van der Waals surface area contributed by atoms with Gasteiger partial charge in [-0.05, 0) is 50.4 Å². The molecule has 4 fully saturated rings. The highest BCUT2D eigenvalue weighted by molar-refractivity contribution is 9.10. The van der Waals surface area contributed by atoms with E-state index in [0.717, 1.165) is 32.1 Å². The number of hydrogen-bond acceptors (Lipinski definition) is 4. The van der Waals surface area contributed by atoms with Gasteiger partial charge >= 0.3 is 12.0 Å². The van der Waals surface area contributed by atoms with Crippen LogP contribution in [-0.4, -0.2) is 35.4 Å². The lowest BCUT2D eigenvalue weighted by atomic mass is 9.49. The molecule has 0 spiro atoms. The van der Waals surface area contributed by atoms with Gasteiger partial charge in [0.2, 0.25) is 0 Å². The van der Waals surface area contributed by atoms with Crippen LogP contribution in [0, 0.1) is 17.3 Å². The summed E-state index contributed by atoms with van der Waals surface area (Å²) in [5.74, 6) is 0.221. The van der Waals surface area contributed by atoms with Crippen LogP contribution >= 0.6 is 15.9 Å². The summed E-state index contributed by atoms with van der Waals surface area (Å²) >= 11 is 3.85. The van der Waals surface area contributed by atoms with Crippen LogP contribution in [0.25, 0.3) is 0 Å². The van der Waals surface area contributed by atoms with Crippen molar-refractivity contribution in [3.8, 4) is 0 Å². The van der Waals surface area contributed by atoms with Crippen molar-refractivity contribution in [2.24, 2.45) is 17.3 Å². The molecule has 132 valence electrons. The number of urea groups is 1. The van der Waals surface area contributed by atoms with E-state index in [1.54, 1.807) is 0 Å². The van der Waals surface area contributed by atoms with Crippen LogP contribution in [0.4, 0.5) is 4.79 Å². The van der Waals surface area contributed by atoms with Gasteiger partial charge in [-0.1, -0.05) is 22.0 Å². The normalized spacial score (nSPS) is 36.0. The van der Waals surface area contributed by atoms with E-state index in [1.807, 2.05) is 0 Å². The van der Waals surface area contributed by atoms with Gasteiger partial charge in [-0.3, -0.25) is 14.9 Å². The largest absolute Gasteiger partial charge is 0.455 e. The molecule has 0 aromatic rings. The fourth-order valence-electron chi connectivity index (χ4n) is 5.05. The molecule has 7 heteroatoms. The van der Waals surface area contributed by atoms with Crippen molar-refractivity contribution in [3.63, 3.8) is 0 Å². The lowest BCUT2D eigenvalue weighted by Gasteiger charge is -2.58. The van der Waals surface area contributed by atoms with E-state index in [1.165, 1.54) is 12.5 Å². The Hall–Kier alpha value is -1.37. The molecule has 0 aromatic heterocycles. The molecule has 4 bridgehead atoms. The van der Waals surface area contributed by atoms with E-state index in [9.17, 15) is 14.4 Å². The summed E-state index contributed by atoms with van der Waals surface area (Å²) in [6.45, 7) is 3.30. The van der Waals surface area contributed by atoms with Crippen molar-refractivity contribution in [1.82, 2.24) is 10.6 Å². The Morgan fingerprint density at radius 3 is 2.46 bits per heavy atom. The summed E-state index contributed by atoms with van der Waals surface area (Å²) in [7, 11) is 0. The zero-order valence-corrected chi connectivity index (χ0v) is 15.2. The Labute approximate surface area is 149 Å². The number of esters is 1. The SMILES string of the molecule is C=CCNC(=O)NC(=O)COC(=O)C12C[C@@H]3C[C@@H](CC(Br)(C3)C1)C2. The minimum Gasteiger partial charge on any atom is -0.455 e. The first kappa shape index (κ1) is 17.5. The van der Waals surface area contributed by atoms with Crippen molar-refractivity contribution in [1.29, 1.82) is 0 Å². The Kier molecular flexibility index (Phi) is 4.73. The summed E-state index contributed by atoms with van der Waals surface area (Å²) < 4.78 is 5.33. The first-order valence-corrected chi connectivity index (χ1v) is 9.18. The van der Waals surface area contributed by atoms with Crippen LogP contribution in [0.2, 0.25) is 0 Å². The lowest BCUT2D eigenvalue weighted by Crippen LogP contribution is -2.56. The van der Waals surface area contributed by atoms with Gasteiger partial charge in [0.15, 0.2) is 6.61 Å². The Bertz CT molecular complexity index is 563. The molecule has 2 N–H and O–H groups in total. The van der Waals surface area contributed by atoms with Gasteiger partial charge in [-0.15, -0.1) is 6.58 Å². The van der Waals surface area contributed by atoms with E-state index in [2.05, 4.69) is 33.1 Å². The average Bonchev–Trinajstić information content (AvgIpc) is 2.48. The number of halogens is 1. The van der Waals surface area contributed by atoms with Crippen molar-refractivity contribution in [2.45, 2.75) is 42.8 Å². The minimum absolute atomic E-state index is 0.0585. The van der Waals surface area contributed by atoms with E-state index < -0.39 is 24.0 Å². The molecule has 3 amide bonds. The maximum absolute atomic E-state index is 12.7. The van der Waals surface area contributed by atoms with Gasteiger partial charge < -0.3 is 10.1 Å². The van der Waals surface area contributed by atoms with Gasteiger partial charge in [0.25, 0.3) is 5.91 Å². The average molecular weight is 399 g/mol. The second-order valence-corrected chi connectivity index (χ2v) is 9.20. The number of rotatable bonds is 5. The first-order chi connectivity index (χ1) is 11.3. The number of carbonyl (C=O) groups is 3. The zero-order valence-electron chi connectivity index (χ0n) is 13.6. The van der Waals surface area contributed by atoms with Gasteiger partial charge in [0.1, 0.15) is 0 Å². The Morgan fingerprint density at radius 1 is 1.21 bits per heavy atom. The minimum atomic E-state index is -0.622. The molecule has 4 aliphatic rings. The molecular formula is C17H23BrN2O4. The van der Waals surface area contributed by atoms with Gasteiger partial charge in [-0.25, -0.2) is 4.79 Å². The van der Waals surface area contributed by atoms with Crippen LogP contribution in [0.3, 0.4) is 0 Å². The highest BCUT2D eigenvalue weighted by Crippen LogP contribution is 2.64. The van der Waals surface area contributed by atoms with E-state index >= 15 is 0 Å². The van der Waals surface area contributed by atoms with Crippen molar-refractivity contribution < 1.29 is 19.1 Å². The topological polar surface area (TPSA) is 84.5 Å². The molecule has 4 saturated carbocycles. The molecule has 2 unspecified atom stereocenters. The van der Waals surface area contributed by atoms with Crippen LogP contribution < -0.4 is 10.6 Å². The summed E-state index contributed by atoms with van der Waals surface area (Å²) in [6.07, 6.45) is 7.46. The van der Waals surface area contributed by atoms with Gasteiger partial charge in [0, 0.05) is 10.9 Å². The smallest absolute Gasteiger partial charge is 0.321 e. The standard InChI is InChI=1S/C17H23BrN2O4/c1-2-3-19-15(23)20-13(21)9-24-14(22)16-5-11-4-12(6-16)8-17(18,7-11)10-16/h2,11-12H,1,3-10H2,(H2,19,20,21,23)/t11-,12+,16?,17?. The third-order valence-corrected chi connectivity index (χ3v) is 6.34. The Morgan fingerprint density at radius 2 is 1.88 bits per heavy atom. The van der Waals surface area contributed by atoms with Crippen LogP contribution in [-0.2, 0) is 14.3 Å². The second kappa shape index (κ2) is 6.50. The predicted molar refractivity (Wildman–Crippen MR) is 91.5 cm³/mol. The maximum Gasteiger partial charge on any atom is 0.321 e. The Balaban J connectivity index is 1.53. The van der Waals surface area contributed by atoms with E-state index in [-0.39, 0.29) is 16.8 Å². The van der Waals surface area contributed by atoms with Crippen molar-refractivity contribution in [3.05, 3.63) is 12.7 Å². The fraction of sp³-hybridized carbons (Fsp3) is 0.706. The molecule has 0 heterocycles. The molecule has 0 radical (unpaired) electrons. The number of alkyl halides is 1. The fourth-order valence-corrected chi connectivity index (χ4v) is 6.50. The van der Waals surface area contributed by atoms with Crippen LogP contribution in [0.5, 0.6) is 0 Å². The molecule has 4 aliphatic carbocycles. The second-order valence-electron chi connectivity index (χ2n) is 7.52. The zero-order chi connectivity index (χ0) is 17.4. The molecule has 6 nitrogen and oxygen atoms in total. The summed E-state index contributed by atoms with van der Waals surface area (Å²) in [4.78, 5) is 35.8. The third kappa shape index (κ3) is 3.50. The lowest BCUT2D eigenvalue weighted by molar-refractivity contribution is -0.171. The first-order valence-electron chi connectivity index (χ1n) is 8.39. The molecule has 0 aliphatic heterocycles. The molecular weight excluding hydrogens is 376 g/mol. The number of ether oxygens (including phenoxy) is 1. The molecule has 4 atom stereocenters. The van der Waals surface area contributed by atoms with Gasteiger partial charge in [-0.2, -0.15) is 0 Å². The molecule has 4 rings (SSSR count). The van der Waals surface area contributed by atoms with E-state index in [4.69, 9.17) is 4.74 Å². The number of carbonyl (C=O) groups excluding carboxylic acids is 3. The third-order valence-electron chi connectivity index (χ3n) is 5.42. The van der Waals surface area contributed by atoms with E-state index in [0.29, 0.717) is 11.8 Å². The highest BCUT2D eigenvalue weighted by Gasteiger charge is 2.60.